The van der Waals surface area contributed by atoms with Crippen molar-refractivity contribution < 1.29 is 18.7 Å². The molecule has 8 nitrogen and oxygen atoms in total. The number of para-hydroxylation sites is 1. The summed E-state index contributed by atoms with van der Waals surface area (Å²) in [7, 11) is 0. The minimum absolute atomic E-state index is 0.124. The van der Waals surface area contributed by atoms with Crippen molar-refractivity contribution >= 4 is 17.5 Å². The summed E-state index contributed by atoms with van der Waals surface area (Å²) >= 11 is 0. The zero-order valence-electron chi connectivity index (χ0n) is 14.6. The molecule has 140 valence electrons. The second kappa shape index (κ2) is 7.81. The number of rotatable bonds is 7. The number of nitrogens with two attached hydrogens (primary N) is 1. The zero-order chi connectivity index (χ0) is 19.4. The van der Waals surface area contributed by atoms with Crippen LogP contribution in [-0.4, -0.2) is 39.1 Å². The summed E-state index contributed by atoms with van der Waals surface area (Å²) in [5, 5.41) is 6.73. The lowest BCUT2D eigenvalue weighted by Crippen LogP contribution is -2.36. The molecule has 2 aromatic heterocycles. The van der Waals surface area contributed by atoms with Crippen LogP contribution in [0.5, 0.6) is 5.75 Å². The molecule has 3 N–H and O–H groups in total. The second-order valence-electron chi connectivity index (χ2n) is 5.78. The number of primary amides is 1. The minimum Gasteiger partial charge on any atom is -0.486 e. The van der Waals surface area contributed by atoms with E-state index in [4.69, 9.17) is 10.5 Å². The molecule has 2 heterocycles. The first-order chi connectivity index (χ1) is 13.0. The first-order valence-corrected chi connectivity index (χ1v) is 8.33. The van der Waals surface area contributed by atoms with Crippen molar-refractivity contribution in [1.82, 2.24) is 19.9 Å². The molecule has 0 radical (unpaired) electrons. The molecule has 3 aromatic rings. The van der Waals surface area contributed by atoms with Crippen LogP contribution in [0, 0.1) is 5.82 Å². The molecule has 0 aliphatic rings. The lowest BCUT2D eigenvalue weighted by molar-refractivity contribution is 0.0916. The van der Waals surface area contributed by atoms with Gasteiger partial charge in [-0.1, -0.05) is 19.1 Å². The highest BCUT2D eigenvalue weighted by atomic mass is 19.1. The molecule has 1 aromatic carbocycles. The van der Waals surface area contributed by atoms with Gasteiger partial charge in [0.1, 0.15) is 17.4 Å². The van der Waals surface area contributed by atoms with E-state index >= 15 is 0 Å². The number of fused-ring (bicyclic) bond motifs is 1. The standard InChI is InChI=1S/C18H18FN5O3/c1-2-11(27-15-6-4-3-5-13(15)19)9-22-18(26)14-7-8-21-17-12(16(20)25)10-23-24(14)17/h3-8,10-11H,2,9H2,1H3,(H2,20,25)(H,22,26). The molecule has 0 aliphatic carbocycles. The summed E-state index contributed by atoms with van der Waals surface area (Å²) in [4.78, 5) is 28.0. The van der Waals surface area contributed by atoms with Crippen LogP contribution in [0.4, 0.5) is 4.39 Å². The Morgan fingerprint density at radius 3 is 2.81 bits per heavy atom. The molecule has 0 bridgehead atoms. The highest BCUT2D eigenvalue weighted by Gasteiger charge is 2.18. The van der Waals surface area contributed by atoms with E-state index in [0.29, 0.717) is 6.42 Å². The first kappa shape index (κ1) is 18.3. The molecule has 0 aliphatic heterocycles. The average molecular weight is 371 g/mol. The number of nitrogens with zero attached hydrogens (tertiary/aromatic N) is 3. The van der Waals surface area contributed by atoms with E-state index in [2.05, 4.69) is 15.4 Å². The van der Waals surface area contributed by atoms with Gasteiger partial charge in [-0.2, -0.15) is 5.10 Å². The normalized spacial score (nSPS) is 11.9. The summed E-state index contributed by atoms with van der Waals surface area (Å²) in [6.45, 7) is 2.03. The van der Waals surface area contributed by atoms with Crippen molar-refractivity contribution in [2.45, 2.75) is 19.4 Å². The number of hydrogen-bond donors (Lipinski definition) is 2. The summed E-state index contributed by atoms with van der Waals surface area (Å²) in [5.41, 5.74) is 5.78. The van der Waals surface area contributed by atoms with Crippen LogP contribution in [0.25, 0.3) is 5.65 Å². The SMILES string of the molecule is CCC(CNC(=O)c1ccnc2c(C(N)=O)cnn12)Oc1ccccc1F. The number of aromatic nitrogens is 3. The number of carbonyl (C=O) groups excluding carboxylic acids is 2. The summed E-state index contributed by atoms with van der Waals surface area (Å²) in [6.07, 6.45) is 2.80. The lowest BCUT2D eigenvalue weighted by Gasteiger charge is -2.18. The highest BCUT2D eigenvalue weighted by molar-refractivity contribution is 5.99. The molecular formula is C18H18FN5O3. The van der Waals surface area contributed by atoms with Gasteiger partial charge in [-0.25, -0.2) is 13.9 Å². The van der Waals surface area contributed by atoms with Gasteiger partial charge >= 0.3 is 0 Å². The fourth-order valence-electron chi connectivity index (χ4n) is 2.52. The number of amides is 2. The number of halogens is 1. The second-order valence-corrected chi connectivity index (χ2v) is 5.78. The Kier molecular flexibility index (Phi) is 5.30. The van der Waals surface area contributed by atoms with E-state index < -0.39 is 23.7 Å². The third kappa shape index (κ3) is 3.86. The van der Waals surface area contributed by atoms with E-state index in [-0.39, 0.29) is 29.2 Å². The Morgan fingerprint density at radius 1 is 1.33 bits per heavy atom. The molecule has 0 saturated carbocycles. The third-order valence-corrected chi connectivity index (χ3v) is 3.98. The van der Waals surface area contributed by atoms with Gasteiger partial charge in [0.2, 0.25) is 0 Å². The van der Waals surface area contributed by atoms with Crippen molar-refractivity contribution in [3.05, 3.63) is 59.8 Å². The minimum atomic E-state index is -0.681. The molecule has 2 amide bonds. The maximum atomic E-state index is 13.7. The summed E-state index contributed by atoms with van der Waals surface area (Å²) < 4.78 is 20.6. The Balaban J connectivity index is 1.72. The molecule has 0 fully saturated rings. The van der Waals surface area contributed by atoms with E-state index in [9.17, 15) is 14.0 Å². The van der Waals surface area contributed by atoms with E-state index in [1.54, 1.807) is 12.1 Å². The van der Waals surface area contributed by atoms with Crippen molar-refractivity contribution in [3.8, 4) is 5.75 Å². The van der Waals surface area contributed by atoms with Gasteiger partial charge in [0.05, 0.1) is 12.7 Å². The maximum Gasteiger partial charge on any atom is 0.270 e. The number of carbonyl (C=O) groups is 2. The Morgan fingerprint density at radius 2 is 2.11 bits per heavy atom. The predicted octanol–water partition coefficient (Wildman–Crippen LogP) is 1.55. The Labute approximate surface area is 154 Å². The largest absolute Gasteiger partial charge is 0.486 e. The average Bonchev–Trinajstić information content (AvgIpc) is 3.10. The van der Waals surface area contributed by atoms with Crippen molar-refractivity contribution in [2.24, 2.45) is 5.73 Å². The fourth-order valence-corrected chi connectivity index (χ4v) is 2.52. The summed E-state index contributed by atoms with van der Waals surface area (Å²) in [6, 6.07) is 7.55. The molecule has 1 atom stereocenters. The first-order valence-electron chi connectivity index (χ1n) is 8.33. The molecule has 1 unspecified atom stereocenters. The quantitative estimate of drug-likeness (QED) is 0.655. The van der Waals surface area contributed by atoms with Gasteiger partial charge in [-0.15, -0.1) is 0 Å². The van der Waals surface area contributed by atoms with Crippen molar-refractivity contribution in [1.29, 1.82) is 0 Å². The van der Waals surface area contributed by atoms with E-state index in [1.165, 1.54) is 35.1 Å². The third-order valence-electron chi connectivity index (χ3n) is 3.98. The molecule has 0 spiro atoms. The molecule has 9 heteroatoms. The summed E-state index contributed by atoms with van der Waals surface area (Å²) in [5.74, 6) is -1.45. The van der Waals surface area contributed by atoms with Crippen LogP contribution < -0.4 is 15.8 Å². The van der Waals surface area contributed by atoms with E-state index in [1.807, 2.05) is 6.92 Å². The number of benzene rings is 1. The number of hydrogen-bond acceptors (Lipinski definition) is 5. The topological polar surface area (TPSA) is 112 Å². The van der Waals surface area contributed by atoms with Crippen LogP contribution in [0.1, 0.15) is 34.2 Å². The zero-order valence-corrected chi connectivity index (χ0v) is 14.6. The van der Waals surface area contributed by atoms with Gasteiger partial charge in [0.15, 0.2) is 17.2 Å². The molecular weight excluding hydrogens is 353 g/mol. The van der Waals surface area contributed by atoms with Crippen LogP contribution >= 0.6 is 0 Å². The Bertz CT molecular complexity index is 988. The Hall–Kier alpha value is -3.49. The van der Waals surface area contributed by atoms with Gasteiger partial charge in [-0.05, 0) is 24.6 Å². The smallest absolute Gasteiger partial charge is 0.270 e. The number of nitrogens with one attached hydrogen (secondary N) is 1. The van der Waals surface area contributed by atoms with Crippen LogP contribution in [0.15, 0.2) is 42.7 Å². The fraction of sp³-hybridized carbons (Fsp3) is 0.222. The van der Waals surface area contributed by atoms with Gasteiger partial charge in [0.25, 0.3) is 11.8 Å². The molecule has 0 saturated heterocycles. The van der Waals surface area contributed by atoms with Gasteiger partial charge in [0, 0.05) is 6.20 Å². The number of ether oxygens (including phenoxy) is 1. The van der Waals surface area contributed by atoms with Gasteiger partial charge < -0.3 is 15.8 Å². The van der Waals surface area contributed by atoms with Crippen LogP contribution in [0.3, 0.4) is 0 Å². The van der Waals surface area contributed by atoms with Gasteiger partial charge in [-0.3, -0.25) is 9.59 Å². The predicted molar refractivity (Wildman–Crippen MR) is 94.9 cm³/mol. The van der Waals surface area contributed by atoms with Crippen molar-refractivity contribution in [3.63, 3.8) is 0 Å². The van der Waals surface area contributed by atoms with E-state index in [0.717, 1.165) is 0 Å². The molecule has 3 rings (SSSR count). The maximum absolute atomic E-state index is 13.7. The van der Waals surface area contributed by atoms with Crippen LogP contribution in [-0.2, 0) is 0 Å². The lowest BCUT2D eigenvalue weighted by atomic mass is 10.2. The highest BCUT2D eigenvalue weighted by Crippen LogP contribution is 2.18. The van der Waals surface area contributed by atoms with Crippen molar-refractivity contribution in [2.75, 3.05) is 6.54 Å². The monoisotopic (exact) mass is 371 g/mol. The molecule has 27 heavy (non-hydrogen) atoms. The van der Waals surface area contributed by atoms with Crippen LogP contribution in [0.2, 0.25) is 0 Å².